The van der Waals surface area contributed by atoms with Crippen LogP contribution in [0.15, 0.2) is 24.3 Å². The summed E-state index contributed by atoms with van der Waals surface area (Å²) in [5.74, 6) is -0.411. The molecule has 0 bridgehead atoms. The molecule has 1 N–H and O–H groups in total. The van der Waals surface area contributed by atoms with Gasteiger partial charge in [-0.25, -0.2) is 4.39 Å². The van der Waals surface area contributed by atoms with Crippen LogP contribution in [0, 0.1) is 11.2 Å². The molecule has 0 aliphatic heterocycles. The second-order valence-electron chi connectivity index (χ2n) is 5.39. The van der Waals surface area contributed by atoms with Crippen molar-refractivity contribution < 1.29 is 9.18 Å². The highest BCUT2D eigenvalue weighted by atomic mass is 79.9. The lowest BCUT2D eigenvalue weighted by molar-refractivity contribution is -0.120. The van der Waals surface area contributed by atoms with Crippen LogP contribution in [0.2, 0.25) is 0 Å². The third kappa shape index (κ3) is 3.78. The first-order valence-electron chi connectivity index (χ1n) is 6.71. The van der Waals surface area contributed by atoms with Gasteiger partial charge in [-0.1, -0.05) is 47.0 Å². The zero-order valence-electron chi connectivity index (χ0n) is 10.9. The van der Waals surface area contributed by atoms with E-state index in [0.29, 0.717) is 12.1 Å². The van der Waals surface area contributed by atoms with E-state index in [1.807, 2.05) is 0 Å². The van der Waals surface area contributed by atoms with Crippen molar-refractivity contribution in [2.45, 2.75) is 32.1 Å². The Morgan fingerprint density at radius 3 is 2.63 bits per heavy atom. The number of benzene rings is 1. The molecule has 1 fully saturated rings. The first-order chi connectivity index (χ1) is 9.15. The smallest absolute Gasteiger partial charge is 0.224 e. The molecule has 0 radical (unpaired) electrons. The minimum Gasteiger partial charge on any atom is -0.355 e. The first-order valence-corrected chi connectivity index (χ1v) is 7.83. The predicted molar refractivity (Wildman–Crippen MR) is 77.8 cm³/mol. The van der Waals surface area contributed by atoms with E-state index in [1.165, 1.54) is 18.9 Å². The van der Waals surface area contributed by atoms with Gasteiger partial charge in [0.1, 0.15) is 5.82 Å². The Morgan fingerprint density at radius 2 is 2.00 bits per heavy atom. The summed E-state index contributed by atoms with van der Waals surface area (Å²) in [5, 5.41) is 3.87. The van der Waals surface area contributed by atoms with Crippen molar-refractivity contribution in [3.05, 3.63) is 35.6 Å². The molecule has 1 saturated carbocycles. The van der Waals surface area contributed by atoms with E-state index in [1.54, 1.807) is 18.2 Å². The summed E-state index contributed by atoms with van der Waals surface area (Å²) in [6.45, 7) is 0.686. The van der Waals surface area contributed by atoms with Crippen molar-refractivity contribution in [2.75, 3.05) is 11.9 Å². The normalized spacial score (nSPS) is 17.4. The summed E-state index contributed by atoms with van der Waals surface area (Å²) in [6.07, 6.45) is 4.88. The molecule has 0 aromatic heterocycles. The molecule has 0 saturated heterocycles. The number of halogens is 2. The number of amides is 1. The van der Waals surface area contributed by atoms with Gasteiger partial charge in [-0.05, 0) is 29.9 Å². The van der Waals surface area contributed by atoms with Gasteiger partial charge >= 0.3 is 0 Å². The molecule has 0 unspecified atom stereocenters. The lowest BCUT2D eigenvalue weighted by atomic mass is 9.89. The van der Waals surface area contributed by atoms with Gasteiger partial charge in [0.15, 0.2) is 0 Å². The van der Waals surface area contributed by atoms with Crippen LogP contribution >= 0.6 is 15.9 Å². The number of carbonyl (C=O) groups is 1. The molecule has 0 spiro atoms. The van der Waals surface area contributed by atoms with E-state index < -0.39 is 0 Å². The number of hydrogen-bond acceptors (Lipinski definition) is 1. The van der Waals surface area contributed by atoms with Crippen molar-refractivity contribution >= 4 is 21.8 Å². The molecule has 104 valence electrons. The van der Waals surface area contributed by atoms with Crippen LogP contribution in [-0.2, 0) is 11.2 Å². The molecule has 1 aliphatic rings. The summed E-state index contributed by atoms with van der Waals surface area (Å²) in [6, 6.07) is 6.43. The van der Waals surface area contributed by atoms with Crippen LogP contribution in [-0.4, -0.2) is 17.8 Å². The Labute approximate surface area is 121 Å². The maximum Gasteiger partial charge on any atom is 0.224 e. The number of rotatable bonds is 5. The van der Waals surface area contributed by atoms with Crippen molar-refractivity contribution in [2.24, 2.45) is 5.41 Å². The summed E-state index contributed by atoms with van der Waals surface area (Å²) >= 11 is 3.55. The second-order valence-corrected chi connectivity index (χ2v) is 5.95. The molecular weight excluding hydrogens is 309 g/mol. The van der Waals surface area contributed by atoms with Crippen LogP contribution in [0.4, 0.5) is 4.39 Å². The summed E-state index contributed by atoms with van der Waals surface area (Å²) in [7, 11) is 0. The second kappa shape index (κ2) is 6.51. The third-order valence-electron chi connectivity index (χ3n) is 3.92. The van der Waals surface area contributed by atoms with Crippen LogP contribution in [0.1, 0.15) is 31.2 Å². The van der Waals surface area contributed by atoms with Gasteiger partial charge in [0, 0.05) is 11.9 Å². The number of alkyl halides is 1. The minimum absolute atomic E-state index is 0.0997. The standard InChI is InChI=1S/C15H19BrFNO/c16-10-15(7-3-4-8-15)11-18-14(19)9-12-5-1-2-6-13(12)17/h1-2,5-6H,3-4,7-11H2,(H,18,19). The minimum atomic E-state index is -0.311. The quantitative estimate of drug-likeness (QED) is 0.825. The van der Waals surface area contributed by atoms with Crippen molar-refractivity contribution in [3.8, 4) is 0 Å². The van der Waals surface area contributed by atoms with Gasteiger partial charge in [-0.15, -0.1) is 0 Å². The van der Waals surface area contributed by atoms with Gasteiger partial charge < -0.3 is 5.32 Å². The highest BCUT2D eigenvalue weighted by Gasteiger charge is 2.32. The average Bonchev–Trinajstić information content (AvgIpc) is 2.89. The molecule has 1 aromatic rings. The monoisotopic (exact) mass is 327 g/mol. The lowest BCUT2D eigenvalue weighted by Crippen LogP contribution is -2.37. The molecule has 1 aromatic carbocycles. The predicted octanol–water partition coefficient (Wildman–Crippen LogP) is 3.44. The van der Waals surface area contributed by atoms with Gasteiger partial charge in [-0.3, -0.25) is 4.79 Å². The number of nitrogens with one attached hydrogen (secondary N) is 1. The fraction of sp³-hybridized carbons (Fsp3) is 0.533. The van der Waals surface area contributed by atoms with E-state index in [9.17, 15) is 9.18 Å². The fourth-order valence-corrected chi connectivity index (χ4v) is 3.40. The van der Waals surface area contributed by atoms with Gasteiger partial charge in [-0.2, -0.15) is 0 Å². The number of hydrogen-bond donors (Lipinski definition) is 1. The lowest BCUT2D eigenvalue weighted by Gasteiger charge is -2.26. The Balaban J connectivity index is 1.86. The molecule has 19 heavy (non-hydrogen) atoms. The van der Waals surface area contributed by atoms with Crippen LogP contribution in [0.3, 0.4) is 0 Å². The zero-order chi connectivity index (χ0) is 13.7. The van der Waals surface area contributed by atoms with E-state index in [4.69, 9.17) is 0 Å². The van der Waals surface area contributed by atoms with E-state index in [0.717, 1.165) is 18.2 Å². The maximum atomic E-state index is 13.4. The summed E-state index contributed by atoms with van der Waals surface area (Å²) < 4.78 is 13.4. The zero-order valence-corrected chi connectivity index (χ0v) is 12.5. The van der Waals surface area contributed by atoms with E-state index in [2.05, 4.69) is 21.2 Å². The molecule has 4 heteroatoms. The average molecular weight is 328 g/mol. The van der Waals surface area contributed by atoms with Crippen molar-refractivity contribution in [1.29, 1.82) is 0 Å². The highest BCUT2D eigenvalue weighted by molar-refractivity contribution is 9.09. The van der Waals surface area contributed by atoms with Gasteiger partial charge in [0.25, 0.3) is 0 Å². The molecule has 2 nitrogen and oxygen atoms in total. The molecular formula is C15H19BrFNO. The fourth-order valence-electron chi connectivity index (χ4n) is 2.65. The Kier molecular flexibility index (Phi) is 4.97. The summed E-state index contributed by atoms with van der Waals surface area (Å²) in [4.78, 5) is 11.9. The van der Waals surface area contributed by atoms with E-state index >= 15 is 0 Å². The SMILES string of the molecule is O=C(Cc1ccccc1F)NCC1(CBr)CCCC1. The molecule has 0 heterocycles. The highest BCUT2D eigenvalue weighted by Crippen LogP contribution is 2.38. The summed E-state index contributed by atoms with van der Waals surface area (Å²) in [5.41, 5.74) is 0.657. The van der Waals surface area contributed by atoms with Crippen LogP contribution in [0.25, 0.3) is 0 Å². The largest absolute Gasteiger partial charge is 0.355 e. The van der Waals surface area contributed by atoms with Crippen molar-refractivity contribution in [3.63, 3.8) is 0 Å². The van der Waals surface area contributed by atoms with Gasteiger partial charge in [0.2, 0.25) is 5.91 Å². The van der Waals surface area contributed by atoms with Gasteiger partial charge in [0.05, 0.1) is 6.42 Å². The van der Waals surface area contributed by atoms with Crippen molar-refractivity contribution in [1.82, 2.24) is 5.32 Å². The molecule has 0 atom stereocenters. The topological polar surface area (TPSA) is 29.1 Å². The van der Waals surface area contributed by atoms with Crippen LogP contribution in [0.5, 0.6) is 0 Å². The Bertz CT molecular complexity index is 444. The Hall–Kier alpha value is -0.900. The van der Waals surface area contributed by atoms with Crippen LogP contribution < -0.4 is 5.32 Å². The molecule has 2 rings (SSSR count). The number of carbonyl (C=O) groups excluding carboxylic acids is 1. The third-order valence-corrected chi connectivity index (χ3v) is 5.11. The molecule has 1 aliphatic carbocycles. The van der Waals surface area contributed by atoms with E-state index in [-0.39, 0.29) is 23.6 Å². The maximum absolute atomic E-state index is 13.4. The molecule has 1 amide bonds. The Morgan fingerprint density at radius 1 is 1.32 bits per heavy atom. The first kappa shape index (κ1) is 14.5.